The standard InChI is InChI=1S/C15H16N6O3/c1-24-9-12(15-17-19-20-18-15)16-14(23)7-21-6-10(8-22)11-4-2-3-5-13(11)21/h2-6,8,12H,7,9H2,1H3,(H,16,23)(H,17,18,19,20). The minimum Gasteiger partial charge on any atom is -0.382 e. The molecule has 2 heterocycles. The van der Waals surface area contributed by atoms with E-state index in [-0.39, 0.29) is 19.1 Å². The first-order chi connectivity index (χ1) is 11.7. The Morgan fingerprint density at radius 1 is 1.46 bits per heavy atom. The number of hydrogen-bond acceptors (Lipinski definition) is 6. The number of aromatic nitrogens is 5. The van der Waals surface area contributed by atoms with E-state index >= 15 is 0 Å². The zero-order valence-electron chi connectivity index (χ0n) is 13.0. The lowest BCUT2D eigenvalue weighted by atomic mass is 10.2. The molecule has 0 saturated carbocycles. The minimum atomic E-state index is -0.506. The van der Waals surface area contributed by atoms with Crippen molar-refractivity contribution in [2.75, 3.05) is 13.7 Å². The molecule has 3 rings (SSSR count). The van der Waals surface area contributed by atoms with Crippen LogP contribution in [-0.4, -0.2) is 51.1 Å². The van der Waals surface area contributed by atoms with Crippen LogP contribution in [-0.2, 0) is 16.1 Å². The van der Waals surface area contributed by atoms with Gasteiger partial charge in [-0.2, -0.15) is 5.21 Å². The monoisotopic (exact) mass is 328 g/mol. The predicted molar refractivity (Wildman–Crippen MR) is 84.3 cm³/mol. The lowest BCUT2D eigenvalue weighted by molar-refractivity contribution is -0.122. The molecule has 3 aromatic rings. The third kappa shape index (κ3) is 3.15. The van der Waals surface area contributed by atoms with Gasteiger partial charge in [-0.05, 0) is 6.07 Å². The molecule has 1 aromatic carbocycles. The highest BCUT2D eigenvalue weighted by Crippen LogP contribution is 2.19. The summed E-state index contributed by atoms with van der Waals surface area (Å²) in [5, 5.41) is 17.2. The Bertz CT molecular complexity index is 842. The number of fused-ring (bicyclic) bond motifs is 1. The smallest absolute Gasteiger partial charge is 0.240 e. The van der Waals surface area contributed by atoms with Crippen molar-refractivity contribution < 1.29 is 14.3 Å². The van der Waals surface area contributed by atoms with Crippen molar-refractivity contribution in [2.45, 2.75) is 12.6 Å². The average molecular weight is 328 g/mol. The molecule has 0 aliphatic rings. The number of nitrogens with one attached hydrogen (secondary N) is 2. The van der Waals surface area contributed by atoms with E-state index in [9.17, 15) is 9.59 Å². The molecule has 0 spiro atoms. The van der Waals surface area contributed by atoms with Crippen LogP contribution in [0.4, 0.5) is 0 Å². The minimum absolute atomic E-state index is 0.0619. The number of methoxy groups -OCH3 is 1. The van der Waals surface area contributed by atoms with Crippen LogP contribution in [0.5, 0.6) is 0 Å². The van der Waals surface area contributed by atoms with Crippen molar-refractivity contribution in [3.8, 4) is 0 Å². The fraction of sp³-hybridized carbons (Fsp3) is 0.267. The molecule has 0 aliphatic carbocycles. The molecule has 2 aromatic heterocycles. The lowest BCUT2D eigenvalue weighted by Gasteiger charge is -2.15. The molecular weight excluding hydrogens is 312 g/mol. The summed E-state index contributed by atoms with van der Waals surface area (Å²) < 4.78 is 6.81. The molecule has 0 saturated heterocycles. The van der Waals surface area contributed by atoms with Crippen molar-refractivity contribution in [2.24, 2.45) is 0 Å². The normalized spacial score (nSPS) is 12.2. The Morgan fingerprint density at radius 3 is 3.00 bits per heavy atom. The van der Waals surface area contributed by atoms with E-state index in [0.29, 0.717) is 11.4 Å². The van der Waals surface area contributed by atoms with E-state index in [1.54, 1.807) is 10.8 Å². The van der Waals surface area contributed by atoms with Crippen LogP contribution in [0.2, 0.25) is 0 Å². The summed E-state index contributed by atoms with van der Waals surface area (Å²) in [6.07, 6.45) is 2.45. The Morgan fingerprint density at radius 2 is 2.29 bits per heavy atom. The molecule has 0 fully saturated rings. The maximum Gasteiger partial charge on any atom is 0.240 e. The van der Waals surface area contributed by atoms with E-state index in [4.69, 9.17) is 4.74 Å². The van der Waals surface area contributed by atoms with Gasteiger partial charge in [0.25, 0.3) is 0 Å². The molecule has 9 nitrogen and oxygen atoms in total. The second kappa shape index (κ2) is 7.01. The summed E-state index contributed by atoms with van der Waals surface area (Å²) in [4.78, 5) is 23.6. The largest absolute Gasteiger partial charge is 0.382 e. The Hall–Kier alpha value is -3.07. The van der Waals surface area contributed by atoms with Crippen LogP contribution in [0, 0.1) is 0 Å². The highest BCUT2D eigenvalue weighted by molar-refractivity contribution is 5.98. The summed E-state index contributed by atoms with van der Waals surface area (Å²) in [6.45, 7) is 0.281. The molecule has 1 atom stereocenters. The van der Waals surface area contributed by atoms with Gasteiger partial charge >= 0.3 is 0 Å². The quantitative estimate of drug-likeness (QED) is 0.609. The number of hydrogen-bond donors (Lipinski definition) is 2. The van der Waals surface area contributed by atoms with Gasteiger partial charge in [0.1, 0.15) is 12.6 Å². The van der Waals surface area contributed by atoms with Crippen LogP contribution < -0.4 is 5.32 Å². The number of H-pyrrole nitrogens is 1. The number of carbonyl (C=O) groups is 2. The Labute approximate surface area is 137 Å². The van der Waals surface area contributed by atoms with Crippen molar-refractivity contribution in [1.29, 1.82) is 0 Å². The number of aldehydes is 1. The third-order valence-corrected chi connectivity index (χ3v) is 3.60. The summed E-state index contributed by atoms with van der Waals surface area (Å²) >= 11 is 0. The number of aromatic amines is 1. The predicted octanol–water partition coefficient (Wildman–Crippen LogP) is 0.471. The van der Waals surface area contributed by atoms with E-state index < -0.39 is 6.04 Å². The molecule has 1 unspecified atom stereocenters. The number of amides is 1. The van der Waals surface area contributed by atoms with Gasteiger partial charge in [-0.15, -0.1) is 10.2 Å². The van der Waals surface area contributed by atoms with Crippen molar-refractivity contribution >= 4 is 23.1 Å². The van der Waals surface area contributed by atoms with Gasteiger partial charge in [-0.1, -0.05) is 23.4 Å². The van der Waals surface area contributed by atoms with Crippen molar-refractivity contribution in [1.82, 2.24) is 30.5 Å². The van der Waals surface area contributed by atoms with Crippen LogP contribution in [0.25, 0.3) is 10.9 Å². The lowest BCUT2D eigenvalue weighted by Crippen LogP contribution is -2.34. The molecule has 0 bridgehead atoms. The average Bonchev–Trinajstić information content (AvgIpc) is 3.23. The van der Waals surface area contributed by atoms with Crippen LogP contribution in [0.15, 0.2) is 30.5 Å². The second-order valence-corrected chi connectivity index (χ2v) is 5.19. The summed E-state index contributed by atoms with van der Waals surface area (Å²) in [6, 6.07) is 6.92. The van der Waals surface area contributed by atoms with Gasteiger partial charge in [0, 0.05) is 29.8 Å². The SMILES string of the molecule is COCC(NC(=O)Cn1cc(C=O)c2ccccc21)c1nn[nH]n1. The molecule has 0 radical (unpaired) electrons. The van der Waals surface area contributed by atoms with E-state index in [1.165, 1.54) is 7.11 Å². The van der Waals surface area contributed by atoms with Gasteiger partial charge < -0.3 is 14.6 Å². The van der Waals surface area contributed by atoms with Crippen molar-refractivity contribution in [3.63, 3.8) is 0 Å². The highest BCUT2D eigenvalue weighted by atomic mass is 16.5. The molecule has 24 heavy (non-hydrogen) atoms. The van der Waals surface area contributed by atoms with Gasteiger partial charge in [0.15, 0.2) is 12.1 Å². The highest BCUT2D eigenvalue weighted by Gasteiger charge is 2.19. The summed E-state index contributed by atoms with van der Waals surface area (Å²) in [7, 11) is 1.52. The number of nitrogens with zero attached hydrogens (tertiary/aromatic N) is 4. The fourth-order valence-corrected chi connectivity index (χ4v) is 2.56. The number of rotatable bonds is 7. The van der Waals surface area contributed by atoms with Gasteiger partial charge in [0.2, 0.25) is 5.91 Å². The first kappa shape index (κ1) is 15.8. The zero-order chi connectivity index (χ0) is 16.9. The van der Waals surface area contributed by atoms with Crippen LogP contribution in [0.1, 0.15) is 22.2 Å². The number of ether oxygens (including phenoxy) is 1. The second-order valence-electron chi connectivity index (χ2n) is 5.19. The number of carbonyl (C=O) groups excluding carboxylic acids is 2. The van der Waals surface area contributed by atoms with Gasteiger partial charge in [-0.3, -0.25) is 9.59 Å². The Kier molecular flexibility index (Phi) is 4.62. The van der Waals surface area contributed by atoms with Gasteiger partial charge in [0.05, 0.1) is 6.61 Å². The maximum absolute atomic E-state index is 12.4. The molecule has 9 heteroatoms. The van der Waals surface area contributed by atoms with E-state index in [2.05, 4.69) is 25.9 Å². The van der Waals surface area contributed by atoms with E-state index in [1.807, 2.05) is 24.3 Å². The Balaban J connectivity index is 1.78. The molecule has 2 N–H and O–H groups in total. The molecule has 124 valence electrons. The summed E-state index contributed by atoms with van der Waals surface area (Å²) in [5.74, 6) is 0.0937. The topological polar surface area (TPSA) is 115 Å². The van der Waals surface area contributed by atoms with Crippen molar-refractivity contribution in [3.05, 3.63) is 41.9 Å². The molecular formula is C15H16N6O3. The van der Waals surface area contributed by atoms with E-state index in [0.717, 1.165) is 17.2 Å². The van der Waals surface area contributed by atoms with Crippen LogP contribution >= 0.6 is 0 Å². The number of tetrazole rings is 1. The fourth-order valence-electron chi connectivity index (χ4n) is 2.56. The number of para-hydroxylation sites is 1. The third-order valence-electron chi connectivity index (χ3n) is 3.60. The molecule has 1 amide bonds. The maximum atomic E-state index is 12.4. The summed E-state index contributed by atoms with van der Waals surface area (Å²) in [5.41, 5.74) is 1.36. The number of benzene rings is 1. The zero-order valence-corrected chi connectivity index (χ0v) is 13.0. The van der Waals surface area contributed by atoms with Crippen LogP contribution in [0.3, 0.4) is 0 Å². The van der Waals surface area contributed by atoms with Gasteiger partial charge in [-0.25, -0.2) is 0 Å². The first-order valence-electron chi connectivity index (χ1n) is 7.27. The first-order valence-corrected chi connectivity index (χ1v) is 7.27. The molecule has 0 aliphatic heterocycles.